The molecule has 0 unspecified atom stereocenters. The van der Waals surface area contributed by atoms with Crippen LogP contribution in [0.2, 0.25) is 0 Å². The second kappa shape index (κ2) is 12.2. The maximum Gasteiger partial charge on any atom is 0.0728 e. The van der Waals surface area contributed by atoms with E-state index >= 15 is 0 Å². The molecule has 0 fully saturated rings. The molecule has 0 aliphatic rings. The molecule has 0 spiro atoms. The Hall–Kier alpha value is -6.28. The van der Waals surface area contributed by atoms with Gasteiger partial charge in [0, 0.05) is 46.4 Å². The summed E-state index contributed by atoms with van der Waals surface area (Å²) in [6.07, 6.45) is 0. The summed E-state index contributed by atoms with van der Waals surface area (Å²) in [5.74, 6) is 0. The van der Waals surface area contributed by atoms with Gasteiger partial charge in [-0.25, -0.2) is 4.98 Å². The zero-order chi connectivity index (χ0) is 33.7. The molecule has 10 rings (SSSR count). The van der Waals surface area contributed by atoms with Crippen molar-refractivity contribution in [3.8, 4) is 22.6 Å². The summed E-state index contributed by atoms with van der Waals surface area (Å²) >= 11 is 0. The fourth-order valence-electron chi connectivity index (χ4n) is 7.68. The average Bonchev–Trinajstić information content (AvgIpc) is 3.72. The van der Waals surface area contributed by atoms with Gasteiger partial charge in [-0.15, -0.1) is 0 Å². The van der Waals surface area contributed by atoms with E-state index < -0.39 is 7.92 Å². The first-order valence-corrected chi connectivity index (χ1v) is 18.7. The van der Waals surface area contributed by atoms with E-state index in [1.807, 2.05) is 0 Å². The number of pyridine rings is 1. The Labute approximate surface area is 297 Å². The number of hydrogen-bond acceptors (Lipinski definition) is 1. The molecule has 0 atom stereocenters. The van der Waals surface area contributed by atoms with E-state index in [0.29, 0.717) is 0 Å². The molecule has 3 aromatic heterocycles. The third-order valence-electron chi connectivity index (χ3n) is 9.87. The van der Waals surface area contributed by atoms with Crippen molar-refractivity contribution in [2.75, 3.05) is 0 Å². The van der Waals surface area contributed by atoms with Crippen molar-refractivity contribution in [3.05, 3.63) is 194 Å². The van der Waals surface area contributed by atoms with Gasteiger partial charge in [-0.05, 0) is 65.2 Å². The van der Waals surface area contributed by atoms with Crippen molar-refractivity contribution in [1.82, 2.24) is 14.1 Å². The van der Waals surface area contributed by atoms with Crippen LogP contribution in [-0.4, -0.2) is 14.1 Å². The minimum Gasteiger partial charge on any atom is -0.309 e. The number of fused-ring (bicyclic) bond motifs is 6. The monoisotopic (exact) mass is 669 g/mol. The van der Waals surface area contributed by atoms with Crippen molar-refractivity contribution in [1.29, 1.82) is 0 Å². The normalized spacial score (nSPS) is 11.7. The predicted molar refractivity (Wildman–Crippen MR) is 217 cm³/mol. The van der Waals surface area contributed by atoms with Gasteiger partial charge < -0.3 is 9.13 Å². The molecule has 3 heterocycles. The lowest BCUT2D eigenvalue weighted by atomic mass is 10.1. The van der Waals surface area contributed by atoms with E-state index in [9.17, 15) is 0 Å². The van der Waals surface area contributed by atoms with Gasteiger partial charge in [0.25, 0.3) is 0 Å². The minimum atomic E-state index is -0.856. The molecule has 240 valence electrons. The molecule has 0 saturated heterocycles. The van der Waals surface area contributed by atoms with Gasteiger partial charge in [-0.3, -0.25) is 0 Å². The Bertz CT molecular complexity index is 2590. The summed E-state index contributed by atoms with van der Waals surface area (Å²) < 4.78 is 4.83. The minimum absolute atomic E-state index is 0.856. The highest BCUT2D eigenvalue weighted by Gasteiger charge is 2.20. The van der Waals surface area contributed by atoms with Crippen LogP contribution in [0.15, 0.2) is 194 Å². The number of nitrogens with zero attached hydrogens (tertiary/aromatic N) is 3. The van der Waals surface area contributed by atoms with Gasteiger partial charge in [0.15, 0.2) is 0 Å². The van der Waals surface area contributed by atoms with Crippen molar-refractivity contribution in [2.24, 2.45) is 0 Å². The second-order valence-electron chi connectivity index (χ2n) is 12.9. The first-order chi connectivity index (χ1) is 25.3. The fourth-order valence-corrected chi connectivity index (χ4v) is 9.89. The van der Waals surface area contributed by atoms with Gasteiger partial charge in [0.05, 0.1) is 33.2 Å². The van der Waals surface area contributed by atoms with Crippen LogP contribution in [0.5, 0.6) is 0 Å². The smallest absolute Gasteiger partial charge is 0.0728 e. The second-order valence-corrected chi connectivity index (χ2v) is 15.0. The van der Waals surface area contributed by atoms with Crippen LogP contribution in [0.1, 0.15) is 0 Å². The van der Waals surface area contributed by atoms with Crippen LogP contribution in [0, 0.1) is 0 Å². The first kappa shape index (κ1) is 29.6. The van der Waals surface area contributed by atoms with Crippen molar-refractivity contribution < 1.29 is 0 Å². The zero-order valence-corrected chi connectivity index (χ0v) is 28.7. The Morgan fingerprint density at radius 2 is 0.745 bits per heavy atom. The lowest BCUT2D eigenvalue weighted by Crippen LogP contribution is -2.22. The molecule has 0 aliphatic heterocycles. The molecule has 0 radical (unpaired) electrons. The quantitative estimate of drug-likeness (QED) is 0.162. The van der Waals surface area contributed by atoms with Gasteiger partial charge in [-0.2, -0.15) is 0 Å². The SMILES string of the molecule is c1ccc(P(c2ccccc2)c2cccc(-c3cc(-n4c5ccccc5c5ccccc54)cc(-n4c5ccccc5c5ccccc54)c3)n2)cc1. The molecule has 0 saturated carbocycles. The standard InChI is InChI=1S/C47H32N3P/c1-3-16-36(17-4-1)51(37-18-5-2-6-19-37)47-29-15-24-42(48-47)33-30-34(49-43-25-11-7-20-38(43)39-21-8-12-26-44(39)49)32-35(31-33)50-45-27-13-9-22-40(45)41-23-10-14-28-46(41)50/h1-32H. The molecular formula is C47H32N3P. The van der Waals surface area contributed by atoms with Gasteiger partial charge >= 0.3 is 0 Å². The number of rotatable bonds is 6. The largest absolute Gasteiger partial charge is 0.309 e. The first-order valence-electron chi connectivity index (χ1n) is 17.3. The highest BCUT2D eigenvalue weighted by Crippen LogP contribution is 2.38. The molecule has 0 N–H and O–H groups in total. The topological polar surface area (TPSA) is 22.8 Å². The molecule has 7 aromatic carbocycles. The third-order valence-corrected chi connectivity index (χ3v) is 12.2. The molecule has 10 aromatic rings. The van der Waals surface area contributed by atoms with Crippen LogP contribution < -0.4 is 16.0 Å². The van der Waals surface area contributed by atoms with Crippen molar-refractivity contribution >= 4 is 67.6 Å². The average molecular weight is 670 g/mol. The number of aromatic nitrogens is 3. The summed E-state index contributed by atoms with van der Waals surface area (Å²) in [4.78, 5) is 5.50. The Morgan fingerprint density at radius 3 is 1.18 bits per heavy atom. The van der Waals surface area contributed by atoms with Gasteiger partial charge in [0.2, 0.25) is 0 Å². The van der Waals surface area contributed by atoms with E-state index in [2.05, 4.69) is 203 Å². The highest BCUT2D eigenvalue weighted by molar-refractivity contribution is 7.79. The summed E-state index contributed by atoms with van der Waals surface area (Å²) in [5, 5.41) is 7.55. The van der Waals surface area contributed by atoms with Crippen molar-refractivity contribution in [2.45, 2.75) is 0 Å². The van der Waals surface area contributed by atoms with Crippen LogP contribution in [-0.2, 0) is 0 Å². The Kier molecular flexibility index (Phi) is 7.11. The highest BCUT2D eigenvalue weighted by atomic mass is 31.1. The summed E-state index contributed by atoms with van der Waals surface area (Å²) in [5.41, 5.74) is 10.0. The maximum absolute atomic E-state index is 5.50. The summed E-state index contributed by atoms with van der Waals surface area (Å²) in [6.45, 7) is 0. The van der Waals surface area contributed by atoms with E-state index in [4.69, 9.17) is 4.98 Å². The van der Waals surface area contributed by atoms with E-state index in [1.54, 1.807) is 0 Å². The van der Waals surface area contributed by atoms with Crippen LogP contribution in [0.3, 0.4) is 0 Å². The maximum atomic E-state index is 5.50. The third kappa shape index (κ3) is 4.97. The Morgan fingerprint density at radius 1 is 0.353 bits per heavy atom. The van der Waals surface area contributed by atoms with E-state index in [-0.39, 0.29) is 0 Å². The predicted octanol–water partition coefficient (Wildman–Crippen LogP) is 10.7. The van der Waals surface area contributed by atoms with Crippen molar-refractivity contribution in [3.63, 3.8) is 0 Å². The molecule has 0 bridgehead atoms. The molecule has 3 nitrogen and oxygen atoms in total. The van der Waals surface area contributed by atoms with E-state index in [1.165, 1.54) is 54.2 Å². The molecular weight excluding hydrogens is 638 g/mol. The molecule has 51 heavy (non-hydrogen) atoms. The van der Waals surface area contributed by atoms with Crippen LogP contribution in [0.4, 0.5) is 0 Å². The number of hydrogen-bond donors (Lipinski definition) is 0. The van der Waals surface area contributed by atoms with E-state index in [0.717, 1.165) is 28.1 Å². The number of benzene rings is 7. The van der Waals surface area contributed by atoms with Crippen LogP contribution in [0.25, 0.3) is 66.2 Å². The molecule has 4 heteroatoms. The van der Waals surface area contributed by atoms with Crippen LogP contribution >= 0.6 is 7.92 Å². The fraction of sp³-hybridized carbons (Fsp3) is 0. The summed E-state index contributed by atoms with van der Waals surface area (Å²) in [7, 11) is -0.856. The zero-order valence-electron chi connectivity index (χ0n) is 27.8. The molecule has 0 aliphatic carbocycles. The van der Waals surface area contributed by atoms with Gasteiger partial charge in [-0.1, -0.05) is 140 Å². The lowest BCUT2D eigenvalue weighted by molar-refractivity contribution is 1.13. The summed E-state index contributed by atoms with van der Waals surface area (Å²) in [6, 6.07) is 70.0. The molecule has 0 amide bonds. The van der Waals surface area contributed by atoms with Gasteiger partial charge in [0.1, 0.15) is 0 Å². The lowest BCUT2D eigenvalue weighted by Gasteiger charge is -2.19. The Balaban J connectivity index is 1.25. The number of para-hydroxylation sites is 4.